The third-order valence-corrected chi connectivity index (χ3v) is 3.91. The maximum absolute atomic E-state index is 14.0. The minimum atomic E-state index is -0.397. The van der Waals surface area contributed by atoms with Crippen LogP contribution in [0.5, 0.6) is 0 Å². The Balaban J connectivity index is 1.78. The number of benzene rings is 1. The first-order valence-electron chi connectivity index (χ1n) is 7.31. The van der Waals surface area contributed by atoms with E-state index in [0.29, 0.717) is 29.8 Å². The van der Waals surface area contributed by atoms with E-state index in [2.05, 4.69) is 16.6 Å². The van der Waals surface area contributed by atoms with Gasteiger partial charge in [0.15, 0.2) is 6.19 Å². The molecule has 3 rings (SSSR count). The fourth-order valence-corrected chi connectivity index (χ4v) is 2.69. The van der Waals surface area contributed by atoms with Gasteiger partial charge < -0.3 is 10.2 Å². The molecule has 2 heterocycles. The minimum absolute atomic E-state index is 0.0611. The molecule has 6 nitrogen and oxygen atoms in total. The fraction of sp³-hybridized carbons (Fsp3) is 0.312. The van der Waals surface area contributed by atoms with E-state index in [1.165, 1.54) is 18.2 Å². The van der Waals surface area contributed by atoms with Gasteiger partial charge in [0.05, 0.1) is 6.20 Å². The van der Waals surface area contributed by atoms with E-state index in [0.717, 1.165) is 6.42 Å². The number of amides is 1. The zero-order valence-electron chi connectivity index (χ0n) is 12.7. The van der Waals surface area contributed by atoms with E-state index >= 15 is 0 Å². The van der Waals surface area contributed by atoms with Crippen LogP contribution < -0.4 is 5.32 Å². The molecule has 1 aromatic heterocycles. The van der Waals surface area contributed by atoms with Crippen LogP contribution in [0.1, 0.15) is 16.8 Å². The van der Waals surface area contributed by atoms with Crippen LogP contribution in [-0.4, -0.2) is 39.7 Å². The van der Waals surface area contributed by atoms with Crippen LogP contribution in [0.4, 0.5) is 4.39 Å². The lowest BCUT2D eigenvalue weighted by Gasteiger charge is -2.13. The van der Waals surface area contributed by atoms with Crippen LogP contribution in [0.25, 0.3) is 11.1 Å². The molecule has 0 spiro atoms. The molecule has 0 aliphatic carbocycles. The number of nitrogens with zero attached hydrogens (tertiary/aromatic N) is 4. The summed E-state index contributed by atoms with van der Waals surface area (Å²) in [6, 6.07) is 4.21. The molecule has 1 fully saturated rings. The Bertz CT molecular complexity index is 779. The molecule has 0 unspecified atom stereocenters. The summed E-state index contributed by atoms with van der Waals surface area (Å²) in [5.41, 5.74) is 1.35. The molecule has 1 aliphatic rings. The Kier molecular flexibility index (Phi) is 3.98. The van der Waals surface area contributed by atoms with Crippen molar-refractivity contribution in [2.75, 3.05) is 13.1 Å². The van der Waals surface area contributed by atoms with E-state index in [9.17, 15) is 9.18 Å². The second-order valence-electron chi connectivity index (χ2n) is 5.60. The molecule has 23 heavy (non-hydrogen) atoms. The van der Waals surface area contributed by atoms with E-state index < -0.39 is 5.82 Å². The largest absolute Gasteiger partial charge is 0.347 e. The molecule has 0 radical (unpaired) electrons. The van der Waals surface area contributed by atoms with Crippen LogP contribution in [0.2, 0.25) is 0 Å². The normalized spacial score (nSPS) is 17.1. The standard InChI is InChI=1S/C16H16FN5O/c1-21-8-12(7-19-21)14-6-11(2-3-15(14)17)16(23)20-13-4-5-22(9-13)10-18/h2-3,6-8,13H,4-5,9H2,1H3,(H,20,23)/t13-/m1/s1. The van der Waals surface area contributed by atoms with Crippen molar-refractivity contribution in [2.45, 2.75) is 12.5 Å². The SMILES string of the molecule is Cn1cc(-c2cc(C(=O)N[C@@H]3CCN(C#N)C3)ccc2F)cn1. The number of nitriles is 1. The molecular weight excluding hydrogens is 297 g/mol. The first-order valence-corrected chi connectivity index (χ1v) is 7.31. The summed E-state index contributed by atoms with van der Waals surface area (Å²) in [6.45, 7) is 1.16. The molecule has 118 valence electrons. The topological polar surface area (TPSA) is 74.0 Å². The molecule has 7 heteroatoms. The number of hydrogen-bond acceptors (Lipinski definition) is 4. The molecule has 0 bridgehead atoms. The van der Waals surface area contributed by atoms with Crippen molar-refractivity contribution in [3.63, 3.8) is 0 Å². The Morgan fingerprint density at radius 2 is 2.35 bits per heavy atom. The number of aryl methyl sites for hydroxylation is 1. The number of nitrogens with one attached hydrogen (secondary N) is 1. The van der Waals surface area contributed by atoms with Gasteiger partial charge in [0, 0.05) is 49.1 Å². The summed E-state index contributed by atoms with van der Waals surface area (Å²) >= 11 is 0. The molecular formula is C16H16FN5O. The maximum atomic E-state index is 14.0. The molecule has 0 saturated carbocycles. The summed E-state index contributed by atoms with van der Waals surface area (Å²) in [5.74, 6) is -0.661. The molecule has 1 saturated heterocycles. The van der Waals surface area contributed by atoms with Crippen LogP contribution in [-0.2, 0) is 7.05 Å². The van der Waals surface area contributed by atoms with Crippen LogP contribution >= 0.6 is 0 Å². The Hall–Kier alpha value is -2.88. The van der Waals surface area contributed by atoms with E-state index in [4.69, 9.17) is 5.26 Å². The van der Waals surface area contributed by atoms with Gasteiger partial charge in [0.1, 0.15) is 5.82 Å². The smallest absolute Gasteiger partial charge is 0.251 e. The molecule has 1 N–H and O–H groups in total. The summed E-state index contributed by atoms with van der Waals surface area (Å²) in [4.78, 5) is 13.9. The van der Waals surface area contributed by atoms with Gasteiger partial charge in [-0.1, -0.05) is 0 Å². The zero-order chi connectivity index (χ0) is 16.4. The third kappa shape index (κ3) is 3.16. The monoisotopic (exact) mass is 313 g/mol. The van der Waals surface area contributed by atoms with Gasteiger partial charge in [0.25, 0.3) is 5.91 Å². The second kappa shape index (κ2) is 6.08. The second-order valence-corrected chi connectivity index (χ2v) is 5.60. The fourth-order valence-electron chi connectivity index (χ4n) is 2.69. The number of likely N-dealkylation sites (tertiary alicyclic amines) is 1. The van der Waals surface area contributed by atoms with Gasteiger partial charge in [-0.25, -0.2) is 4.39 Å². The maximum Gasteiger partial charge on any atom is 0.251 e. The molecule has 2 aromatic rings. The molecule has 1 amide bonds. The average molecular weight is 313 g/mol. The van der Waals surface area contributed by atoms with Crippen molar-refractivity contribution in [1.29, 1.82) is 5.26 Å². The summed E-state index contributed by atoms with van der Waals surface area (Å²) in [6.07, 6.45) is 6.06. The molecule has 1 atom stereocenters. The van der Waals surface area contributed by atoms with Gasteiger partial charge in [0.2, 0.25) is 0 Å². The predicted octanol–water partition coefficient (Wildman–Crippen LogP) is 1.51. The van der Waals surface area contributed by atoms with Crippen molar-refractivity contribution in [3.05, 3.63) is 42.0 Å². The van der Waals surface area contributed by atoms with Crippen molar-refractivity contribution in [1.82, 2.24) is 20.0 Å². The lowest BCUT2D eigenvalue weighted by molar-refractivity contribution is 0.0939. The number of halogens is 1. The Morgan fingerprint density at radius 1 is 1.52 bits per heavy atom. The highest BCUT2D eigenvalue weighted by molar-refractivity contribution is 5.95. The van der Waals surface area contributed by atoms with E-state index in [1.54, 1.807) is 29.0 Å². The minimum Gasteiger partial charge on any atom is -0.347 e. The van der Waals surface area contributed by atoms with Crippen LogP contribution in [0, 0.1) is 17.3 Å². The number of aromatic nitrogens is 2. The summed E-state index contributed by atoms with van der Waals surface area (Å²) in [7, 11) is 1.75. The number of carbonyl (C=O) groups is 1. The predicted molar refractivity (Wildman–Crippen MR) is 81.7 cm³/mol. The number of carbonyl (C=O) groups excluding carboxylic acids is 1. The van der Waals surface area contributed by atoms with Gasteiger partial charge in [-0.3, -0.25) is 9.48 Å². The van der Waals surface area contributed by atoms with E-state index in [1.807, 2.05) is 0 Å². The van der Waals surface area contributed by atoms with Gasteiger partial charge in [-0.05, 0) is 24.6 Å². The summed E-state index contributed by atoms with van der Waals surface area (Å²) < 4.78 is 15.6. The van der Waals surface area contributed by atoms with Gasteiger partial charge in [-0.15, -0.1) is 0 Å². The van der Waals surface area contributed by atoms with Gasteiger partial charge in [-0.2, -0.15) is 10.4 Å². The van der Waals surface area contributed by atoms with Crippen molar-refractivity contribution in [3.8, 4) is 17.3 Å². The van der Waals surface area contributed by atoms with Crippen LogP contribution in [0.3, 0.4) is 0 Å². The first kappa shape index (κ1) is 15.0. The summed E-state index contributed by atoms with van der Waals surface area (Å²) in [5, 5.41) is 15.8. The van der Waals surface area contributed by atoms with Crippen molar-refractivity contribution < 1.29 is 9.18 Å². The Labute approximate surface area is 133 Å². The average Bonchev–Trinajstić information content (AvgIpc) is 3.16. The van der Waals surface area contributed by atoms with Gasteiger partial charge >= 0.3 is 0 Å². The van der Waals surface area contributed by atoms with E-state index in [-0.39, 0.29) is 11.9 Å². The quantitative estimate of drug-likeness (QED) is 0.872. The molecule has 1 aliphatic heterocycles. The van der Waals surface area contributed by atoms with Crippen LogP contribution in [0.15, 0.2) is 30.6 Å². The lowest BCUT2D eigenvalue weighted by Crippen LogP contribution is -2.36. The lowest BCUT2D eigenvalue weighted by atomic mass is 10.0. The zero-order valence-corrected chi connectivity index (χ0v) is 12.7. The number of rotatable bonds is 3. The Morgan fingerprint density at radius 3 is 3.00 bits per heavy atom. The highest BCUT2D eigenvalue weighted by Crippen LogP contribution is 2.23. The van der Waals surface area contributed by atoms with Crippen molar-refractivity contribution in [2.24, 2.45) is 7.05 Å². The highest BCUT2D eigenvalue weighted by Gasteiger charge is 2.23. The third-order valence-electron chi connectivity index (χ3n) is 3.91. The number of hydrogen-bond donors (Lipinski definition) is 1. The molecule has 1 aromatic carbocycles. The first-order chi connectivity index (χ1) is 11.1. The highest BCUT2D eigenvalue weighted by atomic mass is 19.1. The van der Waals surface area contributed by atoms with Crippen molar-refractivity contribution >= 4 is 5.91 Å².